The van der Waals surface area contributed by atoms with E-state index in [1.165, 1.54) is 25.9 Å². The molecule has 1 rings (SSSR count). The number of likely N-dealkylation sites (tertiary alicyclic amines) is 1. The highest BCUT2D eigenvalue weighted by Gasteiger charge is 2.18. The van der Waals surface area contributed by atoms with E-state index in [1.54, 1.807) is 14.2 Å². The van der Waals surface area contributed by atoms with Crippen molar-refractivity contribution < 1.29 is 9.47 Å². The van der Waals surface area contributed by atoms with Gasteiger partial charge in [-0.1, -0.05) is 0 Å². The summed E-state index contributed by atoms with van der Waals surface area (Å²) in [6, 6.07) is 0.450. The van der Waals surface area contributed by atoms with Crippen LogP contribution in [0.25, 0.3) is 0 Å². The number of piperidine rings is 1. The molecule has 4 nitrogen and oxygen atoms in total. The highest BCUT2D eigenvalue weighted by Crippen LogP contribution is 2.16. The first-order chi connectivity index (χ1) is 8.26. The quantitative estimate of drug-likeness (QED) is 0.690. The number of rotatable bonds is 8. The Morgan fingerprint density at radius 2 is 1.94 bits per heavy atom. The van der Waals surface area contributed by atoms with E-state index in [4.69, 9.17) is 9.47 Å². The number of hydrogen-bond acceptors (Lipinski definition) is 4. The normalized spacial score (nSPS) is 20.6. The van der Waals surface area contributed by atoms with Crippen LogP contribution >= 0.6 is 0 Å². The van der Waals surface area contributed by atoms with E-state index < -0.39 is 0 Å². The largest absolute Gasteiger partial charge is 0.384 e. The molecule has 0 saturated carbocycles. The molecular weight excluding hydrogens is 216 g/mol. The zero-order valence-corrected chi connectivity index (χ0v) is 11.6. The molecule has 17 heavy (non-hydrogen) atoms. The van der Waals surface area contributed by atoms with Gasteiger partial charge in [-0.25, -0.2) is 0 Å². The van der Waals surface area contributed by atoms with Gasteiger partial charge in [0.2, 0.25) is 0 Å². The molecule has 0 aromatic heterocycles. The molecule has 1 saturated heterocycles. The van der Waals surface area contributed by atoms with Crippen molar-refractivity contribution in [3.05, 3.63) is 0 Å². The molecule has 0 radical (unpaired) electrons. The van der Waals surface area contributed by atoms with Crippen molar-refractivity contribution in [2.45, 2.75) is 25.8 Å². The summed E-state index contributed by atoms with van der Waals surface area (Å²) >= 11 is 0. The summed E-state index contributed by atoms with van der Waals surface area (Å²) in [6.45, 7) is 8.51. The third-order valence-electron chi connectivity index (χ3n) is 3.45. The smallest absolute Gasteiger partial charge is 0.0613 e. The summed E-state index contributed by atoms with van der Waals surface area (Å²) < 4.78 is 10.3. The van der Waals surface area contributed by atoms with E-state index in [2.05, 4.69) is 17.1 Å². The molecule has 102 valence electrons. The van der Waals surface area contributed by atoms with Gasteiger partial charge < -0.3 is 19.7 Å². The second-order valence-corrected chi connectivity index (χ2v) is 5.05. The minimum absolute atomic E-state index is 0.450. The average molecular weight is 244 g/mol. The molecule has 1 N–H and O–H groups in total. The lowest BCUT2D eigenvalue weighted by atomic mass is 9.98. The number of nitrogens with one attached hydrogen (secondary N) is 1. The summed E-state index contributed by atoms with van der Waals surface area (Å²) in [7, 11) is 3.55. The average Bonchev–Trinajstić information content (AvgIpc) is 2.32. The van der Waals surface area contributed by atoms with E-state index in [0.717, 1.165) is 32.2 Å². The lowest BCUT2D eigenvalue weighted by molar-refractivity contribution is 0.0987. The Balaban J connectivity index is 2.02. The second-order valence-electron chi connectivity index (χ2n) is 5.05. The van der Waals surface area contributed by atoms with E-state index in [9.17, 15) is 0 Å². The lowest BCUT2D eigenvalue weighted by Gasteiger charge is -2.31. The van der Waals surface area contributed by atoms with Crippen LogP contribution in [0.1, 0.15) is 19.8 Å². The van der Waals surface area contributed by atoms with E-state index in [0.29, 0.717) is 6.04 Å². The molecule has 4 heteroatoms. The van der Waals surface area contributed by atoms with Gasteiger partial charge >= 0.3 is 0 Å². The molecule has 0 aromatic rings. The van der Waals surface area contributed by atoms with Crippen molar-refractivity contribution in [2.75, 3.05) is 53.6 Å². The molecule has 1 atom stereocenters. The molecular formula is C13H28N2O2. The van der Waals surface area contributed by atoms with Crippen molar-refractivity contribution in [3.8, 4) is 0 Å². The lowest BCUT2D eigenvalue weighted by Crippen LogP contribution is -2.41. The van der Waals surface area contributed by atoms with Gasteiger partial charge in [0, 0.05) is 40.0 Å². The van der Waals surface area contributed by atoms with Gasteiger partial charge in [-0.2, -0.15) is 0 Å². The molecule has 0 aromatic carbocycles. The topological polar surface area (TPSA) is 33.7 Å². The Kier molecular flexibility index (Phi) is 7.77. The number of nitrogens with zero attached hydrogens (tertiary/aromatic N) is 1. The van der Waals surface area contributed by atoms with Crippen LogP contribution in [0.15, 0.2) is 0 Å². The van der Waals surface area contributed by atoms with E-state index in [1.807, 2.05) is 0 Å². The Morgan fingerprint density at radius 1 is 1.24 bits per heavy atom. The van der Waals surface area contributed by atoms with Crippen molar-refractivity contribution in [2.24, 2.45) is 5.92 Å². The predicted molar refractivity (Wildman–Crippen MR) is 70.4 cm³/mol. The maximum absolute atomic E-state index is 5.21. The van der Waals surface area contributed by atoms with Crippen LogP contribution in [0.3, 0.4) is 0 Å². The highest BCUT2D eigenvalue weighted by molar-refractivity contribution is 4.73. The molecule has 0 spiro atoms. The standard InChI is InChI=1S/C13H28N2O2/c1-12(10-16-2)14-6-9-15-7-4-13(5-8-15)11-17-3/h12-14H,4-11H2,1-3H3. The molecule has 1 fully saturated rings. The van der Waals surface area contributed by atoms with E-state index >= 15 is 0 Å². The minimum atomic E-state index is 0.450. The monoisotopic (exact) mass is 244 g/mol. The zero-order chi connectivity index (χ0) is 12.5. The first kappa shape index (κ1) is 14.9. The third-order valence-corrected chi connectivity index (χ3v) is 3.45. The minimum Gasteiger partial charge on any atom is -0.384 e. The molecule has 0 bridgehead atoms. The van der Waals surface area contributed by atoms with Crippen LogP contribution in [-0.4, -0.2) is 64.6 Å². The maximum Gasteiger partial charge on any atom is 0.0613 e. The molecule has 1 aliphatic heterocycles. The number of hydrogen-bond donors (Lipinski definition) is 1. The summed E-state index contributed by atoms with van der Waals surface area (Å²) in [4.78, 5) is 2.54. The van der Waals surface area contributed by atoms with Gasteiger partial charge in [0.25, 0.3) is 0 Å². The van der Waals surface area contributed by atoms with Crippen molar-refractivity contribution in [3.63, 3.8) is 0 Å². The third kappa shape index (κ3) is 6.36. The van der Waals surface area contributed by atoms with Gasteiger partial charge in [-0.3, -0.25) is 0 Å². The SMILES string of the molecule is COCC1CCN(CCNC(C)COC)CC1. The fraction of sp³-hybridized carbons (Fsp3) is 1.00. The molecule has 1 unspecified atom stereocenters. The van der Waals surface area contributed by atoms with Gasteiger partial charge in [-0.15, -0.1) is 0 Å². The first-order valence-electron chi connectivity index (χ1n) is 6.70. The fourth-order valence-electron chi connectivity index (χ4n) is 2.39. The Bertz CT molecular complexity index is 182. The van der Waals surface area contributed by atoms with E-state index in [-0.39, 0.29) is 0 Å². The van der Waals surface area contributed by atoms with Gasteiger partial charge in [0.1, 0.15) is 0 Å². The maximum atomic E-state index is 5.21. The van der Waals surface area contributed by atoms with Crippen LogP contribution in [0.5, 0.6) is 0 Å². The highest BCUT2D eigenvalue weighted by atomic mass is 16.5. The van der Waals surface area contributed by atoms with Crippen LogP contribution in [0.4, 0.5) is 0 Å². The van der Waals surface area contributed by atoms with Crippen molar-refractivity contribution in [1.82, 2.24) is 10.2 Å². The first-order valence-corrected chi connectivity index (χ1v) is 6.70. The Morgan fingerprint density at radius 3 is 2.53 bits per heavy atom. The Labute approximate surface area is 106 Å². The molecule has 0 amide bonds. The molecule has 1 heterocycles. The van der Waals surface area contributed by atoms with Crippen LogP contribution in [0, 0.1) is 5.92 Å². The number of ether oxygens (including phenoxy) is 2. The van der Waals surface area contributed by atoms with Crippen LogP contribution in [-0.2, 0) is 9.47 Å². The summed E-state index contributed by atoms with van der Waals surface area (Å²) in [5.41, 5.74) is 0. The summed E-state index contributed by atoms with van der Waals surface area (Å²) in [5.74, 6) is 0.775. The van der Waals surface area contributed by atoms with Crippen molar-refractivity contribution >= 4 is 0 Å². The number of methoxy groups -OCH3 is 2. The summed E-state index contributed by atoms with van der Waals surface area (Å²) in [5, 5.41) is 3.48. The summed E-state index contributed by atoms with van der Waals surface area (Å²) in [6.07, 6.45) is 2.56. The zero-order valence-electron chi connectivity index (χ0n) is 11.6. The second kappa shape index (κ2) is 8.86. The Hall–Kier alpha value is -0.160. The van der Waals surface area contributed by atoms with Crippen LogP contribution < -0.4 is 5.32 Å². The predicted octanol–water partition coefficient (Wildman–Crippen LogP) is 0.969. The fourth-order valence-corrected chi connectivity index (χ4v) is 2.39. The van der Waals surface area contributed by atoms with Crippen molar-refractivity contribution in [1.29, 1.82) is 0 Å². The van der Waals surface area contributed by atoms with Gasteiger partial charge in [0.15, 0.2) is 0 Å². The molecule has 1 aliphatic rings. The molecule has 0 aliphatic carbocycles. The van der Waals surface area contributed by atoms with Gasteiger partial charge in [0.05, 0.1) is 6.61 Å². The van der Waals surface area contributed by atoms with Gasteiger partial charge in [-0.05, 0) is 38.8 Å². The van der Waals surface area contributed by atoms with Crippen LogP contribution in [0.2, 0.25) is 0 Å².